The Labute approximate surface area is 467 Å². The van der Waals surface area contributed by atoms with Gasteiger partial charge in [0.15, 0.2) is 0 Å². The molecule has 0 N–H and O–H groups in total. The molecule has 1 radical (unpaired) electrons. The van der Waals surface area contributed by atoms with Gasteiger partial charge < -0.3 is 8.98 Å². The number of aryl methyl sites for hydroxylation is 2. The minimum Gasteiger partial charge on any atom is -0.501 e. The summed E-state index contributed by atoms with van der Waals surface area (Å²) in [6.07, 6.45) is 1.81. The van der Waals surface area contributed by atoms with Crippen LogP contribution in [0.4, 0.5) is 0 Å². The number of hydrogen-bond donors (Lipinski definition) is 0. The second-order valence-electron chi connectivity index (χ2n) is 23.2. The average molecular weight is 1180 g/mol. The fourth-order valence-corrected chi connectivity index (χ4v) is 10.9. The van der Waals surface area contributed by atoms with Crippen molar-refractivity contribution in [2.45, 2.75) is 106 Å². The summed E-state index contributed by atoms with van der Waals surface area (Å²) in [7, 11) is 0. The van der Waals surface area contributed by atoms with Crippen molar-refractivity contribution in [2.24, 2.45) is 0 Å². The Morgan fingerprint density at radius 3 is 1.88 bits per heavy atom. The van der Waals surface area contributed by atoms with Gasteiger partial charge in [-0.3, -0.25) is 15.0 Å². The molecule has 3 aromatic heterocycles. The molecule has 0 saturated carbocycles. The summed E-state index contributed by atoms with van der Waals surface area (Å²) < 4.78 is 9.30. The van der Waals surface area contributed by atoms with Crippen molar-refractivity contribution in [1.29, 1.82) is 0 Å². The Morgan fingerprint density at radius 1 is 0.545 bits per heavy atom. The Balaban J connectivity index is 0.000000339. The number of fused-ring (bicyclic) bond motifs is 7. The summed E-state index contributed by atoms with van der Waals surface area (Å²) in [5, 5.41) is 7.00. The van der Waals surface area contributed by atoms with Crippen molar-refractivity contribution >= 4 is 54.5 Å². The van der Waals surface area contributed by atoms with Crippen LogP contribution in [0.3, 0.4) is 0 Å². The van der Waals surface area contributed by atoms with E-state index in [-0.39, 0.29) is 42.8 Å². The molecule has 0 aliphatic carbocycles. The number of furan rings is 1. The molecule has 0 unspecified atom stereocenters. The van der Waals surface area contributed by atoms with Gasteiger partial charge in [0.25, 0.3) is 0 Å². The van der Waals surface area contributed by atoms with E-state index in [0.717, 1.165) is 61.4 Å². The van der Waals surface area contributed by atoms with Gasteiger partial charge in [-0.2, -0.15) is 0 Å². The van der Waals surface area contributed by atoms with Gasteiger partial charge in [0.2, 0.25) is 0 Å². The first kappa shape index (κ1) is 52.9. The van der Waals surface area contributed by atoms with Crippen LogP contribution < -0.4 is 0 Å². The molecule has 12 rings (SSSR count). The SMILES string of the molecule is CC(C)(C)c1ccnc(-c2[c-]cccc2)n1.Cc1cc(C(C)(C)C)cc(C)c1-c1ccc(-c2cc(C(C)C)c(-n3c(-c4[c-]ccc5c4oc4cc6c(ccc7ccccc76)cc45)nc4ccccc43)c(C(C)C)c2)cc1.[Ir]. The molecule has 0 saturated heterocycles. The van der Waals surface area contributed by atoms with E-state index in [4.69, 9.17) is 9.40 Å². The van der Waals surface area contributed by atoms with Gasteiger partial charge in [-0.15, -0.1) is 54.1 Å². The first-order valence-electron chi connectivity index (χ1n) is 26.8. The van der Waals surface area contributed by atoms with Gasteiger partial charge >= 0.3 is 0 Å². The maximum absolute atomic E-state index is 6.91. The number of para-hydroxylation sites is 2. The van der Waals surface area contributed by atoms with Crippen LogP contribution in [0.15, 0.2) is 174 Å². The van der Waals surface area contributed by atoms with Crippen LogP contribution in [0.5, 0.6) is 0 Å². The zero-order chi connectivity index (χ0) is 53.2. The van der Waals surface area contributed by atoms with Gasteiger partial charge in [-0.25, -0.2) is 0 Å². The fourth-order valence-electron chi connectivity index (χ4n) is 10.9. The smallest absolute Gasteiger partial charge is 0.121 e. The molecular weight excluding hydrogens is 1120 g/mol. The summed E-state index contributed by atoms with van der Waals surface area (Å²) in [5.74, 6) is 2.06. The minimum atomic E-state index is 0. The van der Waals surface area contributed by atoms with Crippen molar-refractivity contribution in [3.8, 4) is 50.7 Å². The second kappa shape index (κ2) is 20.8. The van der Waals surface area contributed by atoms with E-state index in [0.29, 0.717) is 0 Å². The van der Waals surface area contributed by atoms with Gasteiger partial charge in [0.05, 0.1) is 28.3 Å². The third-order valence-corrected chi connectivity index (χ3v) is 15.0. The summed E-state index contributed by atoms with van der Waals surface area (Å²) in [5.41, 5.74) is 19.5. The van der Waals surface area contributed by atoms with Crippen molar-refractivity contribution in [3.05, 3.63) is 216 Å². The van der Waals surface area contributed by atoms with E-state index in [1.54, 1.807) is 0 Å². The molecule has 0 spiro atoms. The van der Waals surface area contributed by atoms with Gasteiger partial charge in [0, 0.05) is 48.5 Å². The van der Waals surface area contributed by atoms with Crippen LogP contribution in [-0.2, 0) is 30.9 Å². The molecule has 0 bridgehead atoms. The number of benzene rings is 9. The van der Waals surface area contributed by atoms with E-state index in [1.807, 2.05) is 42.6 Å². The van der Waals surface area contributed by atoms with Gasteiger partial charge in [-0.1, -0.05) is 165 Å². The molecule has 0 aliphatic rings. The zero-order valence-electron chi connectivity index (χ0n) is 46.4. The number of imidazole rings is 1. The Morgan fingerprint density at radius 2 is 1.21 bits per heavy atom. The van der Waals surface area contributed by atoms with E-state index < -0.39 is 0 Å². The summed E-state index contributed by atoms with van der Waals surface area (Å²) in [6.45, 7) is 27.0. The molecule has 0 fully saturated rings. The van der Waals surface area contributed by atoms with Crippen molar-refractivity contribution in [2.75, 3.05) is 0 Å². The van der Waals surface area contributed by atoms with E-state index >= 15 is 0 Å². The topological polar surface area (TPSA) is 56.7 Å². The maximum atomic E-state index is 6.91. The standard InChI is InChI=1S/C57H51N2O.C14H15N2.Ir/c1-33(2)46-30-41(37-21-24-39(25-22-37)53-35(5)27-42(28-36(53)6)57(7,8)9)31-47(34(3)4)54(46)59-51-20-13-12-19-50(51)58-56(59)45-18-14-17-44-49-29-40-26-23-38-15-10-11-16-43(38)48(40)32-52(49)60-55(44)45;1-14(2,3)12-9-10-15-13(16-12)11-7-5-4-6-8-11;/h10-17,19-34H,1-9H3;4-7,9-10H,1-3H3;/q2*-1;. The fraction of sp³-hybridized carbons (Fsp3) is 0.225. The largest absolute Gasteiger partial charge is 0.501 e. The van der Waals surface area contributed by atoms with Crippen LogP contribution in [0.1, 0.15) is 115 Å². The van der Waals surface area contributed by atoms with Crippen LogP contribution >= 0.6 is 0 Å². The minimum absolute atomic E-state index is 0. The molecule has 0 atom stereocenters. The number of aromatic nitrogens is 4. The summed E-state index contributed by atoms with van der Waals surface area (Å²) in [4.78, 5) is 14.3. The van der Waals surface area contributed by atoms with Crippen molar-refractivity contribution < 1.29 is 24.5 Å². The predicted octanol–water partition coefficient (Wildman–Crippen LogP) is 19.4. The van der Waals surface area contributed by atoms with E-state index in [2.05, 4.69) is 237 Å². The average Bonchev–Trinajstić information content (AvgIpc) is 3.99. The van der Waals surface area contributed by atoms with Crippen LogP contribution in [-0.4, -0.2) is 19.5 Å². The maximum Gasteiger partial charge on any atom is 0.121 e. The Kier molecular flexibility index (Phi) is 14.3. The molecule has 12 aromatic rings. The van der Waals surface area contributed by atoms with Crippen LogP contribution in [0.2, 0.25) is 0 Å². The predicted molar refractivity (Wildman–Crippen MR) is 320 cm³/mol. The quantitative estimate of drug-likeness (QED) is 0.118. The molecule has 77 heavy (non-hydrogen) atoms. The van der Waals surface area contributed by atoms with E-state index in [1.165, 1.54) is 77.3 Å². The van der Waals surface area contributed by atoms with Gasteiger partial charge in [0.1, 0.15) is 5.58 Å². The van der Waals surface area contributed by atoms with Crippen LogP contribution in [0, 0.1) is 26.0 Å². The number of rotatable bonds is 7. The first-order valence-corrected chi connectivity index (χ1v) is 26.8. The molecule has 0 aliphatic heterocycles. The van der Waals surface area contributed by atoms with Crippen molar-refractivity contribution in [1.82, 2.24) is 19.5 Å². The summed E-state index contributed by atoms with van der Waals surface area (Å²) >= 11 is 0. The Bertz CT molecular complexity index is 4100. The normalized spacial score (nSPS) is 12.0. The first-order chi connectivity index (χ1) is 36.4. The number of hydrogen-bond acceptors (Lipinski definition) is 4. The third kappa shape index (κ3) is 10.1. The second-order valence-corrected chi connectivity index (χ2v) is 23.2. The van der Waals surface area contributed by atoms with E-state index in [9.17, 15) is 0 Å². The molecule has 5 nitrogen and oxygen atoms in total. The molecular formula is C71H66IrN4O-2. The third-order valence-electron chi connectivity index (χ3n) is 15.0. The summed E-state index contributed by atoms with van der Waals surface area (Å²) in [6, 6.07) is 65.4. The molecule has 0 amide bonds. The number of nitrogens with zero attached hydrogens (tertiary/aromatic N) is 4. The molecule has 3 heterocycles. The zero-order valence-corrected chi connectivity index (χ0v) is 48.7. The molecule has 6 heteroatoms. The Hall–Kier alpha value is -7.50. The monoisotopic (exact) mass is 1180 g/mol. The molecule has 9 aromatic carbocycles. The van der Waals surface area contributed by atoms with Gasteiger partial charge in [-0.05, 0) is 145 Å². The van der Waals surface area contributed by atoms with Crippen molar-refractivity contribution in [3.63, 3.8) is 0 Å². The van der Waals surface area contributed by atoms with Crippen LogP contribution in [0.25, 0.3) is 105 Å². The molecule has 387 valence electrons.